The van der Waals surface area contributed by atoms with Crippen molar-refractivity contribution in [1.82, 2.24) is 10.9 Å². The Balaban J connectivity index is 1.63. The number of benzene rings is 2. The van der Waals surface area contributed by atoms with E-state index in [-0.39, 0.29) is 5.91 Å². The van der Waals surface area contributed by atoms with E-state index in [0.29, 0.717) is 22.8 Å². The van der Waals surface area contributed by atoms with Gasteiger partial charge >= 0.3 is 0 Å². The number of hydrogen-bond donors (Lipinski definition) is 2. The van der Waals surface area contributed by atoms with Gasteiger partial charge in [-0.2, -0.15) is 0 Å². The second-order valence-corrected chi connectivity index (χ2v) is 6.10. The molecule has 0 fully saturated rings. The Hall–Kier alpha value is -3.12. The van der Waals surface area contributed by atoms with Crippen LogP contribution in [0.2, 0.25) is 0 Å². The van der Waals surface area contributed by atoms with Crippen molar-refractivity contribution in [1.29, 1.82) is 0 Å². The van der Waals surface area contributed by atoms with Crippen LogP contribution >= 0.6 is 11.3 Å². The molecule has 6 heteroatoms. The summed E-state index contributed by atoms with van der Waals surface area (Å²) < 4.78 is 5.75. The molecule has 0 spiro atoms. The van der Waals surface area contributed by atoms with Crippen LogP contribution in [0.3, 0.4) is 0 Å². The van der Waals surface area contributed by atoms with Crippen LogP contribution in [0.15, 0.2) is 72.1 Å². The van der Waals surface area contributed by atoms with E-state index < -0.39 is 5.91 Å². The van der Waals surface area contributed by atoms with Gasteiger partial charge in [0.25, 0.3) is 11.8 Å². The Morgan fingerprint density at radius 1 is 0.840 bits per heavy atom. The zero-order valence-corrected chi connectivity index (χ0v) is 14.1. The maximum absolute atomic E-state index is 12.3. The van der Waals surface area contributed by atoms with Crippen molar-refractivity contribution in [2.24, 2.45) is 0 Å². The number of thiophene rings is 1. The average Bonchev–Trinajstić information content (AvgIpc) is 3.20. The quantitative estimate of drug-likeness (QED) is 0.692. The van der Waals surface area contributed by atoms with Crippen LogP contribution in [0, 0.1) is 0 Å². The van der Waals surface area contributed by atoms with Crippen molar-refractivity contribution in [3.05, 3.63) is 88.1 Å². The predicted octanol–water partition coefficient (Wildman–Crippen LogP) is 3.40. The maximum Gasteiger partial charge on any atom is 0.279 e. The molecule has 0 saturated carbocycles. The highest BCUT2D eigenvalue weighted by molar-refractivity contribution is 7.12. The van der Waals surface area contributed by atoms with E-state index in [1.54, 1.807) is 41.8 Å². The highest BCUT2D eigenvalue weighted by Crippen LogP contribution is 2.19. The SMILES string of the molecule is O=C(NNC(=O)c1ccccc1OCc1ccccc1)c1cccs1. The first-order valence-electron chi connectivity index (χ1n) is 7.64. The van der Waals surface area contributed by atoms with Gasteiger partial charge in [-0.15, -0.1) is 11.3 Å². The van der Waals surface area contributed by atoms with Gasteiger partial charge in [-0.05, 0) is 29.1 Å². The van der Waals surface area contributed by atoms with E-state index in [0.717, 1.165) is 5.56 Å². The molecule has 126 valence electrons. The number of carbonyl (C=O) groups is 2. The zero-order chi connectivity index (χ0) is 17.5. The topological polar surface area (TPSA) is 67.4 Å². The third-order valence-corrected chi connectivity index (χ3v) is 4.27. The van der Waals surface area contributed by atoms with Crippen molar-refractivity contribution < 1.29 is 14.3 Å². The molecule has 2 aromatic carbocycles. The third-order valence-electron chi connectivity index (χ3n) is 3.40. The van der Waals surface area contributed by atoms with E-state index in [1.165, 1.54) is 11.3 Å². The average molecular weight is 352 g/mol. The molecule has 0 aliphatic rings. The largest absolute Gasteiger partial charge is 0.488 e. The minimum atomic E-state index is -0.437. The summed E-state index contributed by atoms with van der Waals surface area (Å²) in [6, 6.07) is 20.0. The summed E-state index contributed by atoms with van der Waals surface area (Å²) in [4.78, 5) is 24.8. The number of rotatable bonds is 5. The number of para-hydroxylation sites is 1. The first-order valence-corrected chi connectivity index (χ1v) is 8.52. The molecule has 0 saturated heterocycles. The van der Waals surface area contributed by atoms with Gasteiger partial charge in [-0.25, -0.2) is 0 Å². The molecule has 3 aromatic rings. The van der Waals surface area contributed by atoms with E-state index in [4.69, 9.17) is 4.74 Å². The maximum atomic E-state index is 12.3. The molecular formula is C19H16N2O3S. The van der Waals surface area contributed by atoms with Crippen molar-refractivity contribution in [2.75, 3.05) is 0 Å². The number of carbonyl (C=O) groups excluding carboxylic acids is 2. The van der Waals surface area contributed by atoms with Gasteiger partial charge in [0, 0.05) is 0 Å². The van der Waals surface area contributed by atoms with Gasteiger partial charge in [0.1, 0.15) is 12.4 Å². The zero-order valence-electron chi connectivity index (χ0n) is 13.3. The molecule has 2 N–H and O–H groups in total. The molecule has 1 heterocycles. The molecule has 0 unspecified atom stereocenters. The summed E-state index contributed by atoms with van der Waals surface area (Å²) in [6.45, 7) is 0.354. The summed E-state index contributed by atoms with van der Waals surface area (Å²) in [7, 11) is 0. The summed E-state index contributed by atoms with van der Waals surface area (Å²) in [6.07, 6.45) is 0. The van der Waals surface area contributed by atoms with E-state index in [9.17, 15) is 9.59 Å². The van der Waals surface area contributed by atoms with Crippen molar-refractivity contribution >= 4 is 23.2 Å². The third kappa shape index (κ3) is 4.45. The van der Waals surface area contributed by atoms with Gasteiger partial charge in [0.2, 0.25) is 0 Å². The molecular weight excluding hydrogens is 336 g/mol. The molecule has 5 nitrogen and oxygen atoms in total. The highest BCUT2D eigenvalue weighted by Gasteiger charge is 2.14. The van der Waals surface area contributed by atoms with Crippen LogP contribution in [0.5, 0.6) is 5.75 Å². The smallest absolute Gasteiger partial charge is 0.279 e. The van der Waals surface area contributed by atoms with Gasteiger partial charge in [0.15, 0.2) is 0 Å². The molecule has 2 amide bonds. The Morgan fingerprint density at radius 3 is 2.32 bits per heavy atom. The minimum Gasteiger partial charge on any atom is -0.488 e. The standard InChI is InChI=1S/C19H16N2O3S/c22-18(20-21-19(23)17-11-6-12-25-17)15-9-4-5-10-16(15)24-13-14-7-2-1-3-8-14/h1-12H,13H2,(H,20,22)(H,21,23). The van der Waals surface area contributed by atoms with Crippen LogP contribution in [-0.4, -0.2) is 11.8 Å². The summed E-state index contributed by atoms with van der Waals surface area (Å²) >= 11 is 1.30. The van der Waals surface area contributed by atoms with Crippen molar-refractivity contribution in [3.63, 3.8) is 0 Å². The van der Waals surface area contributed by atoms with Crippen LogP contribution in [0.1, 0.15) is 25.6 Å². The minimum absolute atomic E-state index is 0.352. The Bertz CT molecular complexity index is 848. The molecule has 0 atom stereocenters. The Labute approximate surface area is 149 Å². The molecule has 0 bridgehead atoms. The van der Waals surface area contributed by atoms with Gasteiger partial charge in [0.05, 0.1) is 10.4 Å². The van der Waals surface area contributed by atoms with Crippen LogP contribution < -0.4 is 15.6 Å². The lowest BCUT2D eigenvalue weighted by Crippen LogP contribution is -2.41. The summed E-state index contributed by atoms with van der Waals surface area (Å²) in [5.41, 5.74) is 6.17. The lowest BCUT2D eigenvalue weighted by Gasteiger charge is -2.12. The molecule has 0 radical (unpaired) electrons. The van der Waals surface area contributed by atoms with Crippen molar-refractivity contribution in [3.8, 4) is 5.75 Å². The van der Waals surface area contributed by atoms with Gasteiger partial charge in [-0.3, -0.25) is 20.4 Å². The molecule has 0 aliphatic carbocycles. The number of nitrogens with one attached hydrogen (secondary N) is 2. The second-order valence-electron chi connectivity index (χ2n) is 5.16. The van der Waals surface area contributed by atoms with Crippen molar-refractivity contribution in [2.45, 2.75) is 6.61 Å². The fourth-order valence-electron chi connectivity index (χ4n) is 2.17. The van der Waals surface area contributed by atoms with Gasteiger partial charge in [-0.1, -0.05) is 48.5 Å². The summed E-state index contributed by atoms with van der Waals surface area (Å²) in [5, 5.41) is 1.80. The highest BCUT2D eigenvalue weighted by atomic mass is 32.1. The number of hydrogen-bond acceptors (Lipinski definition) is 4. The number of hydrazine groups is 1. The lowest BCUT2D eigenvalue weighted by atomic mass is 10.2. The van der Waals surface area contributed by atoms with Gasteiger partial charge < -0.3 is 4.74 Å². The van der Waals surface area contributed by atoms with E-state index in [1.807, 2.05) is 30.3 Å². The molecule has 0 aliphatic heterocycles. The van der Waals surface area contributed by atoms with Crippen LogP contribution in [-0.2, 0) is 6.61 Å². The van der Waals surface area contributed by atoms with Crippen LogP contribution in [0.25, 0.3) is 0 Å². The first kappa shape index (κ1) is 16.7. The predicted molar refractivity (Wildman–Crippen MR) is 96.5 cm³/mol. The number of amides is 2. The molecule has 1 aromatic heterocycles. The Morgan fingerprint density at radius 2 is 1.56 bits per heavy atom. The number of ether oxygens (including phenoxy) is 1. The molecule has 25 heavy (non-hydrogen) atoms. The lowest BCUT2D eigenvalue weighted by molar-refractivity contribution is 0.0846. The monoisotopic (exact) mass is 352 g/mol. The fourth-order valence-corrected chi connectivity index (χ4v) is 2.78. The summed E-state index contributed by atoms with van der Waals surface area (Å²) in [5.74, 6) is -0.339. The molecule has 3 rings (SSSR count). The van der Waals surface area contributed by atoms with Crippen LogP contribution in [0.4, 0.5) is 0 Å². The normalized spacial score (nSPS) is 10.1. The second kappa shape index (κ2) is 8.12. The first-order chi connectivity index (χ1) is 12.2. The van der Waals surface area contributed by atoms with E-state index in [2.05, 4.69) is 10.9 Å². The fraction of sp³-hybridized carbons (Fsp3) is 0.0526. The Kier molecular flexibility index (Phi) is 5.43. The van der Waals surface area contributed by atoms with E-state index >= 15 is 0 Å².